The van der Waals surface area contributed by atoms with Gasteiger partial charge in [-0.1, -0.05) is 24.3 Å². The normalized spacial score (nSPS) is 17.7. The molecule has 1 aliphatic rings. The van der Waals surface area contributed by atoms with E-state index in [0.717, 1.165) is 17.0 Å². The van der Waals surface area contributed by atoms with Gasteiger partial charge in [0.2, 0.25) is 16.9 Å². The number of methoxy groups -OCH3 is 3. The van der Waals surface area contributed by atoms with Crippen LogP contribution >= 0.6 is 11.3 Å². The van der Waals surface area contributed by atoms with Gasteiger partial charge in [-0.05, 0) is 54.8 Å². The second kappa shape index (κ2) is 10.7. The van der Waals surface area contributed by atoms with Crippen LogP contribution in [0.1, 0.15) is 36.4 Å². The molecule has 184 valence electrons. The standard InChI is InChI=1S/C25H28N4O5S/c1-5-21-27-28-25(35-21)26-24(31)18-11-13-22(30)29(16-7-9-17(32-2)10-8-16)23(18)15-6-12-19(33-3)20(14-15)34-4/h6-10,12,14,18,23H,5,11,13H2,1-4H3,(H,26,28,31)/t18-,23-/m1/s1. The molecule has 1 aromatic heterocycles. The summed E-state index contributed by atoms with van der Waals surface area (Å²) in [7, 11) is 4.71. The second-order valence-electron chi connectivity index (χ2n) is 8.01. The van der Waals surface area contributed by atoms with Crippen molar-refractivity contribution in [2.24, 2.45) is 5.92 Å². The summed E-state index contributed by atoms with van der Waals surface area (Å²) in [6.45, 7) is 1.98. The maximum absolute atomic E-state index is 13.5. The van der Waals surface area contributed by atoms with E-state index in [1.165, 1.54) is 11.3 Å². The van der Waals surface area contributed by atoms with Gasteiger partial charge in [-0.3, -0.25) is 9.59 Å². The minimum absolute atomic E-state index is 0.0665. The molecule has 2 aromatic carbocycles. The molecule has 1 aliphatic heterocycles. The maximum atomic E-state index is 13.5. The second-order valence-corrected chi connectivity index (χ2v) is 9.07. The summed E-state index contributed by atoms with van der Waals surface area (Å²) in [6, 6.07) is 12.1. The lowest BCUT2D eigenvalue weighted by atomic mass is 9.83. The Balaban J connectivity index is 1.76. The van der Waals surface area contributed by atoms with Crippen LogP contribution in [0.15, 0.2) is 42.5 Å². The average molecular weight is 497 g/mol. The number of ether oxygens (including phenoxy) is 3. The van der Waals surface area contributed by atoms with Gasteiger partial charge in [0, 0.05) is 12.1 Å². The van der Waals surface area contributed by atoms with Crippen molar-refractivity contribution >= 4 is 34.0 Å². The zero-order valence-corrected chi connectivity index (χ0v) is 20.9. The van der Waals surface area contributed by atoms with Crippen molar-refractivity contribution in [1.29, 1.82) is 0 Å². The molecule has 0 unspecified atom stereocenters. The van der Waals surface area contributed by atoms with Gasteiger partial charge in [0.15, 0.2) is 11.5 Å². The van der Waals surface area contributed by atoms with Crippen molar-refractivity contribution in [3.05, 3.63) is 53.0 Å². The van der Waals surface area contributed by atoms with Gasteiger partial charge in [-0.2, -0.15) is 0 Å². The Hall–Kier alpha value is -3.66. The minimum atomic E-state index is -0.567. The van der Waals surface area contributed by atoms with Crippen molar-refractivity contribution in [3.8, 4) is 17.2 Å². The van der Waals surface area contributed by atoms with E-state index in [-0.39, 0.29) is 18.2 Å². The maximum Gasteiger partial charge on any atom is 0.231 e. The molecular formula is C25H28N4O5S. The number of hydrogen-bond donors (Lipinski definition) is 1. The Kier molecular flexibility index (Phi) is 7.50. The summed E-state index contributed by atoms with van der Waals surface area (Å²) >= 11 is 1.35. The highest BCUT2D eigenvalue weighted by Gasteiger charge is 2.42. The summed E-state index contributed by atoms with van der Waals surface area (Å²) in [5, 5.41) is 12.4. The first-order valence-corrected chi connectivity index (χ1v) is 12.1. The molecule has 1 fully saturated rings. The van der Waals surface area contributed by atoms with E-state index in [0.29, 0.717) is 34.5 Å². The summed E-state index contributed by atoms with van der Waals surface area (Å²) in [6.07, 6.45) is 1.38. The van der Waals surface area contributed by atoms with Gasteiger partial charge in [0.25, 0.3) is 0 Å². The Bertz CT molecular complexity index is 1200. The Morgan fingerprint density at radius 1 is 1.06 bits per heavy atom. The third kappa shape index (κ3) is 5.07. The van der Waals surface area contributed by atoms with Crippen LogP contribution in [0.4, 0.5) is 10.8 Å². The van der Waals surface area contributed by atoms with E-state index in [4.69, 9.17) is 14.2 Å². The Labute approximate surface area is 208 Å². The molecule has 1 saturated heterocycles. The lowest BCUT2D eigenvalue weighted by Gasteiger charge is -2.41. The van der Waals surface area contributed by atoms with E-state index in [2.05, 4.69) is 15.5 Å². The van der Waals surface area contributed by atoms with Crippen LogP contribution < -0.4 is 24.4 Å². The lowest BCUT2D eigenvalue weighted by Crippen LogP contribution is -2.47. The molecule has 0 aliphatic carbocycles. The summed E-state index contributed by atoms with van der Waals surface area (Å²) in [5.41, 5.74) is 1.44. The van der Waals surface area contributed by atoms with Crippen molar-refractivity contribution in [2.45, 2.75) is 32.2 Å². The molecule has 2 amide bonds. The highest BCUT2D eigenvalue weighted by molar-refractivity contribution is 7.15. The van der Waals surface area contributed by atoms with Crippen molar-refractivity contribution in [2.75, 3.05) is 31.5 Å². The van der Waals surface area contributed by atoms with Crippen LogP contribution in [0.3, 0.4) is 0 Å². The summed E-state index contributed by atoms with van der Waals surface area (Å²) < 4.78 is 16.2. The molecule has 0 saturated carbocycles. The first-order chi connectivity index (χ1) is 17.0. The minimum Gasteiger partial charge on any atom is -0.497 e. The predicted octanol–water partition coefficient (Wildman–Crippen LogP) is 4.25. The van der Waals surface area contributed by atoms with Gasteiger partial charge < -0.3 is 24.4 Å². The number of nitrogens with zero attached hydrogens (tertiary/aromatic N) is 3. The van der Waals surface area contributed by atoms with E-state index in [9.17, 15) is 9.59 Å². The topological polar surface area (TPSA) is 103 Å². The molecule has 2 heterocycles. The fourth-order valence-electron chi connectivity index (χ4n) is 4.28. The molecular weight excluding hydrogens is 468 g/mol. The van der Waals surface area contributed by atoms with Crippen LogP contribution in [0.25, 0.3) is 0 Å². The molecule has 3 aromatic rings. The zero-order chi connectivity index (χ0) is 24.9. The van der Waals surface area contributed by atoms with Crippen molar-refractivity contribution < 1.29 is 23.8 Å². The highest BCUT2D eigenvalue weighted by atomic mass is 32.1. The first kappa shape index (κ1) is 24.5. The fraction of sp³-hybridized carbons (Fsp3) is 0.360. The molecule has 2 atom stereocenters. The number of aromatic nitrogens is 2. The molecule has 35 heavy (non-hydrogen) atoms. The van der Waals surface area contributed by atoms with Gasteiger partial charge in [-0.25, -0.2) is 0 Å². The molecule has 4 rings (SSSR count). The van der Waals surface area contributed by atoms with E-state index in [1.54, 1.807) is 44.4 Å². The quantitative estimate of drug-likeness (QED) is 0.497. The van der Waals surface area contributed by atoms with Crippen LogP contribution in [0, 0.1) is 5.92 Å². The molecule has 0 radical (unpaired) electrons. The number of aryl methyl sites for hydroxylation is 1. The van der Waals surface area contributed by atoms with E-state index >= 15 is 0 Å². The average Bonchev–Trinajstić information content (AvgIpc) is 3.35. The van der Waals surface area contributed by atoms with Gasteiger partial charge >= 0.3 is 0 Å². The number of carbonyl (C=O) groups excluding carboxylic acids is 2. The number of anilines is 2. The SMILES string of the molecule is CCc1nnc(NC(=O)[C@@H]2CCC(=O)N(c3ccc(OC)cc3)[C@@H]2c2ccc(OC)c(OC)c2)s1. The fourth-order valence-corrected chi connectivity index (χ4v) is 4.96. The molecule has 10 heteroatoms. The number of piperidine rings is 1. The largest absolute Gasteiger partial charge is 0.497 e. The van der Waals surface area contributed by atoms with Crippen molar-refractivity contribution in [1.82, 2.24) is 10.2 Å². The third-order valence-corrected chi connectivity index (χ3v) is 7.02. The van der Waals surface area contributed by atoms with Crippen LogP contribution in [-0.4, -0.2) is 43.3 Å². The summed E-state index contributed by atoms with van der Waals surface area (Å²) in [5.74, 6) is 0.961. The van der Waals surface area contributed by atoms with Crippen LogP contribution in [-0.2, 0) is 16.0 Å². The monoisotopic (exact) mass is 496 g/mol. The van der Waals surface area contributed by atoms with Gasteiger partial charge in [0.1, 0.15) is 10.8 Å². The summed E-state index contributed by atoms with van der Waals surface area (Å²) in [4.78, 5) is 28.5. The first-order valence-electron chi connectivity index (χ1n) is 11.3. The number of amides is 2. The van der Waals surface area contributed by atoms with Crippen molar-refractivity contribution in [3.63, 3.8) is 0 Å². The van der Waals surface area contributed by atoms with Crippen LogP contribution in [0.2, 0.25) is 0 Å². The Morgan fingerprint density at radius 3 is 2.43 bits per heavy atom. The number of rotatable bonds is 8. The predicted molar refractivity (Wildman–Crippen MR) is 133 cm³/mol. The number of hydrogen-bond acceptors (Lipinski definition) is 8. The molecule has 9 nitrogen and oxygen atoms in total. The number of benzene rings is 2. The third-order valence-electron chi connectivity index (χ3n) is 6.03. The number of carbonyl (C=O) groups is 2. The van der Waals surface area contributed by atoms with Gasteiger partial charge in [-0.15, -0.1) is 10.2 Å². The molecule has 1 N–H and O–H groups in total. The highest BCUT2D eigenvalue weighted by Crippen LogP contribution is 2.43. The van der Waals surface area contributed by atoms with E-state index in [1.807, 2.05) is 31.2 Å². The van der Waals surface area contributed by atoms with Gasteiger partial charge in [0.05, 0.1) is 33.3 Å². The van der Waals surface area contributed by atoms with Crippen LogP contribution in [0.5, 0.6) is 17.2 Å². The molecule has 0 bridgehead atoms. The number of nitrogens with one attached hydrogen (secondary N) is 1. The smallest absolute Gasteiger partial charge is 0.231 e. The zero-order valence-electron chi connectivity index (χ0n) is 20.1. The lowest BCUT2D eigenvalue weighted by molar-refractivity contribution is -0.125. The Morgan fingerprint density at radius 2 is 1.80 bits per heavy atom. The van der Waals surface area contributed by atoms with E-state index < -0.39 is 12.0 Å². The molecule has 0 spiro atoms.